The van der Waals surface area contributed by atoms with E-state index < -0.39 is 23.9 Å². The second kappa shape index (κ2) is 11.5. The summed E-state index contributed by atoms with van der Waals surface area (Å²) in [7, 11) is 1.00. The van der Waals surface area contributed by atoms with Gasteiger partial charge < -0.3 is 9.90 Å². The molecule has 0 saturated carbocycles. The Bertz CT molecular complexity index is 772. The van der Waals surface area contributed by atoms with Gasteiger partial charge in [0, 0.05) is 18.4 Å². The first-order chi connectivity index (χ1) is 14.0. The van der Waals surface area contributed by atoms with Crippen LogP contribution in [0.4, 0.5) is 17.6 Å². The van der Waals surface area contributed by atoms with Crippen LogP contribution >= 0.6 is 11.8 Å². The third-order valence-electron chi connectivity index (χ3n) is 4.25. The smallest absolute Gasteiger partial charge is 0.400 e. The van der Waals surface area contributed by atoms with E-state index in [1.54, 1.807) is 23.9 Å². The number of halogens is 4. The average Bonchev–Trinajstić information content (AvgIpc) is 2.71. The number of carbonyl (C=O) groups is 1. The Balaban J connectivity index is 0.00000218. The summed E-state index contributed by atoms with van der Waals surface area (Å²) in [5.41, 5.74) is -0.109. The fraction of sp³-hybridized carbons (Fsp3) is 0.409. The molecule has 0 spiro atoms. The SMILES string of the molecule is CO.CSc1ccc(-c2ccc(C(NC(C=O)CC(C)(C)F)C(F)(F)F)cc2)cc1. The molecule has 166 valence electrons. The first kappa shape index (κ1) is 26.1. The van der Waals surface area contributed by atoms with Crippen LogP contribution in [0.25, 0.3) is 11.1 Å². The predicted molar refractivity (Wildman–Crippen MR) is 113 cm³/mol. The fourth-order valence-electron chi connectivity index (χ4n) is 2.91. The number of rotatable bonds is 8. The molecule has 0 aliphatic carbocycles. The number of thioether (sulfide) groups is 1. The number of alkyl halides is 4. The van der Waals surface area contributed by atoms with Gasteiger partial charge in [0.1, 0.15) is 18.0 Å². The lowest BCUT2D eigenvalue weighted by atomic mass is 9.97. The molecule has 0 bridgehead atoms. The molecule has 2 N–H and O–H groups in total. The van der Waals surface area contributed by atoms with E-state index in [0.29, 0.717) is 6.29 Å². The lowest BCUT2D eigenvalue weighted by Crippen LogP contribution is -2.43. The minimum Gasteiger partial charge on any atom is -0.400 e. The summed E-state index contributed by atoms with van der Waals surface area (Å²) in [5.74, 6) is 0. The Morgan fingerprint density at radius 1 is 0.967 bits per heavy atom. The summed E-state index contributed by atoms with van der Waals surface area (Å²) in [6, 6.07) is 10.4. The molecule has 8 heteroatoms. The Morgan fingerprint density at radius 3 is 1.80 bits per heavy atom. The van der Waals surface area contributed by atoms with Crippen molar-refractivity contribution in [2.24, 2.45) is 0 Å². The van der Waals surface area contributed by atoms with Gasteiger partial charge in [0.2, 0.25) is 0 Å². The molecule has 0 saturated heterocycles. The zero-order chi connectivity index (χ0) is 22.9. The Kier molecular flexibility index (Phi) is 10.0. The number of hydrogen-bond acceptors (Lipinski definition) is 4. The summed E-state index contributed by atoms with van der Waals surface area (Å²) in [5, 5.41) is 9.26. The number of hydrogen-bond donors (Lipinski definition) is 2. The van der Waals surface area contributed by atoms with Gasteiger partial charge in [-0.1, -0.05) is 36.4 Å². The van der Waals surface area contributed by atoms with Gasteiger partial charge in [0.25, 0.3) is 0 Å². The molecule has 2 unspecified atom stereocenters. The minimum atomic E-state index is -4.62. The van der Waals surface area contributed by atoms with E-state index in [-0.39, 0.29) is 12.0 Å². The van der Waals surface area contributed by atoms with Crippen LogP contribution in [0.3, 0.4) is 0 Å². The van der Waals surface area contributed by atoms with Crippen molar-refractivity contribution in [2.75, 3.05) is 13.4 Å². The molecule has 2 aromatic rings. The molecule has 2 rings (SSSR count). The van der Waals surface area contributed by atoms with Gasteiger partial charge in [-0.3, -0.25) is 5.32 Å². The van der Waals surface area contributed by atoms with Crippen molar-refractivity contribution < 1.29 is 27.5 Å². The third kappa shape index (κ3) is 8.08. The number of carbonyl (C=O) groups excluding carboxylic acids is 1. The van der Waals surface area contributed by atoms with E-state index in [4.69, 9.17) is 5.11 Å². The van der Waals surface area contributed by atoms with E-state index in [9.17, 15) is 22.4 Å². The minimum absolute atomic E-state index is 0.0273. The molecular formula is C22H27F4NO2S. The van der Waals surface area contributed by atoms with Crippen LogP contribution in [0.2, 0.25) is 0 Å². The molecule has 2 aromatic carbocycles. The Morgan fingerprint density at radius 2 is 1.43 bits per heavy atom. The number of aliphatic hydroxyl groups excluding tert-OH is 1. The first-order valence-corrected chi connectivity index (χ1v) is 10.4. The highest BCUT2D eigenvalue weighted by Gasteiger charge is 2.42. The molecule has 2 atom stereocenters. The second-order valence-corrected chi connectivity index (χ2v) is 8.04. The van der Waals surface area contributed by atoms with Crippen molar-refractivity contribution in [3.63, 3.8) is 0 Å². The molecule has 0 aromatic heterocycles. The molecule has 0 heterocycles. The zero-order valence-corrected chi connectivity index (χ0v) is 18.2. The van der Waals surface area contributed by atoms with E-state index >= 15 is 0 Å². The largest absolute Gasteiger partial charge is 0.407 e. The quantitative estimate of drug-likeness (QED) is 0.316. The van der Waals surface area contributed by atoms with Gasteiger partial charge in [-0.25, -0.2) is 4.39 Å². The van der Waals surface area contributed by atoms with Crippen molar-refractivity contribution in [1.82, 2.24) is 5.32 Å². The maximum atomic E-state index is 13.8. The van der Waals surface area contributed by atoms with Crippen molar-refractivity contribution in [3.05, 3.63) is 54.1 Å². The van der Waals surface area contributed by atoms with Crippen LogP contribution in [-0.2, 0) is 4.79 Å². The number of nitrogens with one attached hydrogen (secondary N) is 1. The van der Waals surface area contributed by atoms with E-state index in [0.717, 1.165) is 23.1 Å². The van der Waals surface area contributed by atoms with E-state index in [2.05, 4.69) is 5.32 Å². The predicted octanol–water partition coefficient (Wildman–Crippen LogP) is 5.58. The van der Waals surface area contributed by atoms with Crippen molar-refractivity contribution in [2.45, 2.75) is 49.1 Å². The molecule has 3 nitrogen and oxygen atoms in total. The maximum absolute atomic E-state index is 13.8. The summed E-state index contributed by atoms with van der Waals surface area (Å²) in [6.07, 6.45) is -2.68. The van der Waals surface area contributed by atoms with E-state index in [1.165, 1.54) is 26.0 Å². The Labute approximate surface area is 178 Å². The van der Waals surface area contributed by atoms with Crippen LogP contribution in [-0.4, -0.2) is 42.6 Å². The maximum Gasteiger partial charge on any atom is 0.407 e. The van der Waals surface area contributed by atoms with Gasteiger partial charge in [-0.05, 0) is 48.9 Å². The standard InChI is InChI=1S/C21H23F4NOS.CH4O/c1-20(2,22)12-17(13-27)26-19(21(23,24)25)16-6-4-14(5-7-16)15-8-10-18(28-3)11-9-15;1-2/h4-11,13,17,19,26H,12H2,1-3H3;2H,1H3. The van der Waals surface area contributed by atoms with Crippen molar-refractivity contribution >= 4 is 18.0 Å². The fourth-order valence-corrected chi connectivity index (χ4v) is 3.32. The van der Waals surface area contributed by atoms with Crippen LogP contribution in [0.1, 0.15) is 31.9 Å². The molecule has 30 heavy (non-hydrogen) atoms. The summed E-state index contributed by atoms with van der Waals surface area (Å²) in [6.45, 7) is 2.45. The summed E-state index contributed by atoms with van der Waals surface area (Å²) < 4.78 is 54.5. The molecule has 0 radical (unpaired) electrons. The Hall–Kier alpha value is -1.90. The summed E-state index contributed by atoms with van der Waals surface area (Å²) >= 11 is 1.60. The van der Waals surface area contributed by atoms with Gasteiger partial charge >= 0.3 is 6.18 Å². The zero-order valence-electron chi connectivity index (χ0n) is 17.3. The number of benzene rings is 2. The summed E-state index contributed by atoms with van der Waals surface area (Å²) in [4.78, 5) is 12.3. The van der Waals surface area contributed by atoms with Crippen LogP contribution in [0, 0.1) is 0 Å². The van der Waals surface area contributed by atoms with Crippen molar-refractivity contribution in [1.29, 1.82) is 0 Å². The topological polar surface area (TPSA) is 49.3 Å². The lowest BCUT2D eigenvalue weighted by Gasteiger charge is -2.27. The normalized spacial score (nSPS) is 13.8. The van der Waals surface area contributed by atoms with Crippen LogP contribution in [0.15, 0.2) is 53.4 Å². The van der Waals surface area contributed by atoms with Crippen LogP contribution < -0.4 is 5.32 Å². The third-order valence-corrected chi connectivity index (χ3v) is 4.99. The second-order valence-electron chi connectivity index (χ2n) is 7.16. The lowest BCUT2D eigenvalue weighted by molar-refractivity contribution is -0.160. The molecule has 0 aliphatic heterocycles. The highest BCUT2D eigenvalue weighted by molar-refractivity contribution is 7.98. The van der Waals surface area contributed by atoms with Gasteiger partial charge in [0.15, 0.2) is 0 Å². The molecule has 0 amide bonds. The highest BCUT2D eigenvalue weighted by atomic mass is 32.2. The van der Waals surface area contributed by atoms with Gasteiger partial charge in [0.05, 0.1) is 6.04 Å². The molecule has 0 aliphatic rings. The molecular weight excluding hydrogens is 418 g/mol. The monoisotopic (exact) mass is 445 g/mol. The van der Waals surface area contributed by atoms with Crippen LogP contribution in [0.5, 0.6) is 0 Å². The van der Waals surface area contributed by atoms with Gasteiger partial charge in [-0.2, -0.15) is 13.2 Å². The average molecular weight is 446 g/mol. The number of aliphatic hydroxyl groups is 1. The van der Waals surface area contributed by atoms with Gasteiger partial charge in [-0.15, -0.1) is 11.8 Å². The number of aldehydes is 1. The first-order valence-electron chi connectivity index (χ1n) is 9.19. The highest BCUT2D eigenvalue weighted by Crippen LogP contribution is 2.35. The molecule has 0 fully saturated rings. The van der Waals surface area contributed by atoms with E-state index in [1.807, 2.05) is 30.5 Å². The van der Waals surface area contributed by atoms with Crippen molar-refractivity contribution in [3.8, 4) is 11.1 Å².